The second-order valence-corrected chi connectivity index (χ2v) is 10.4. The van der Waals surface area contributed by atoms with Gasteiger partial charge in [0.2, 0.25) is 21.8 Å². The van der Waals surface area contributed by atoms with Gasteiger partial charge in [0.25, 0.3) is 0 Å². The van der Waals surface area contributed by atoms with E-state index in [4.69, 9.17) is 9.47 Å². The van der Waals surface area contributed by atoms with E-state index in [0.717, 1.165) is 6.26 Å². The van der Waals surface area contributed by atoms with Crippen LogP contribution in [0, 0.1) is 5.82 Å². The Morgan fingerprint density at radius 1 is 1.08 bits per heavy atom. The summed E-state index contributed by atoms with van der Waals surface area (Å²) in [5.74, 6) is 0.0116. The number of nitrogens with zero attached hydrogens (tertiary/aromatic N) is 2. The van der Waals surface area contributed by atoms with E-state index in [2.05, 4.69) is 5.32 Å². The van der Waals surface area contributed by atoms with Crippen LogP contribution < -0.4 is 19.1 Å². The van der Waals surface area contributed by atoms with E-state index in [9.17, 15) is 22.4 Å². The topological polar surface area (TPSA) is 105 Å². The highest BCUT2D eigenvalue weighted by Crippen LogP contribution is 2.34. The van der Waals surface area contributed by atoms with Crippen molar-refractivity contribution in [1.82, 2.24) is 10.2 Å². The van der Waals surface area contributed by atoms with Crippen LogP contribution in [0.5, 0.6) is 11.5 Å². The van der Waals surface area contributed by atoms with Gasteiger partial charge in [-0.2, -0.15) is 0 Å². The van der Waals surface area contributed by atoms with Crippen molar-refractivity contribution in [2.45, 2.75) is 38.8 Å². The summed E-state index contributed by atoms with van der Waals surface area (Å²) < 4.78 is 50.7. The van der Waals surface area contributed by atoms with Crippen LogP contribution in [-0.4, -0.2) is 64.2 Å². The molecule has 36 heavy (non-hydrogen) atoms. The first-order chi connectivity index (χ1) is 17.1. The number of carbonyl (C=O) groups is 2. The van der Waals surface area contributed by atoms with Crippen molar-refractivity contribution >= 4 is 27.5 Å². The second kappa shape index (κ2) is 12.1. The van der Waals surface area contributed by atoms with Gasteiger partial charge in [0, 0.05) is 32.6 Å². The molecule has 0 unspecified atom stereocenters. The number of hydrogen-bond donors (Lipinski definition) is 1. The van der Waals surface area contributed by atoms with Gasteiger partial charge < -0.3 is 19.7 Å². The molecule has 2 amide bonds. The fourth-order valence-corrected chi connectivity index (χ4v) is 5.02. The van der Waals surface area contributed by atoms with Crippen LogP contribution in [-0.2, 0) is 26.2 Å². The molecule has 2 aromatic rings. The predicted octanol–water partition coefficient (Wildman–Crippen LogP) is 2.70. The van der Waals surface area contributed by atoms with Crippen molar-refractivity contribution in [3.63, 3.8) is 0 Å². The maximum absolute atomic E-state index is 13.3. The summed E-state index contributed by atoms with van der Waals surface area (Å²) in [6.45, 7) is 2.79. The first-order valence-corrected chi connectivity index (χ1v) is 13.6. The third-order valence-electron chi connectivity index (χ3n) is 5.86. The molecule has 0 radical (unpaired) electrons. The number of likely N-dealkylation sites (N-methyl/N-ethyl adjacent to an activating group) is 1. The highest BCUT2D eigenvalue weighted by Gasteiger charge is 2.28. The SMILES string of the molecule is CC[C@H](C(=O)NC)N(Cc1ccc(F)cc1)C(=O)CCCN(c1ccc2c(c1)OCCO2)S(C)(=O)=O. The Balaban J connectivity index is 1.74. The van der Waals surface area contributed by atoms with Crippen LogP contribution in [0.4, 0.5) is 10.1 Å². The fraction of sp³-hybridized carbons (Fsp3) is 0.440. The van der Waals surface area contributed by atoms with Gasteiger partial charge in [-0.1, -0.05) is 19.1 Å². The summed E-state index contributed by atoms with van der Waals surface area (Å²) >= 11 is 0. The standard InChI is InChI=1S/C25H32FN3O6S/c1-4-21(25(31)27-2)28(17-18-7-9-19(26)10-8-18)24(30)6-5-13-29(36(3,32)33)20-11-12-22-23(16-20)35-15-14-34-22/h7-12,16,21H,4-6,13-15,17H2,1-3H3,(H,27,31)/t21-/m1/s1. The maximum Gasteiger partial charge on any atom is 0.242 e. The third kappa shape index (κ3) is 6.87. The molecule has 0 saturated carbocycles. The molecule has 1 aliphatic heterocycles. The molecule has 11 heteroatoms. The lowest BCUT2D eigenvalue weighted by Gasteiger charge is -2.31. The zero-order chi connectivity index (χ0) is 26.3. The molecule has 1 aliphatic rings. The van der Waals surface area contributed by atoms with Gasteiger partial charge in [-0.15, -0.1) is 0 Å². The van der Waals surface area contributed by atoms with Crippen molar-refractivity contribution in [2.75, 3.05) is 37.4 Å². The van der Waals surface area contributed by atoms with Gasteiger partial charge in [0.05, 0.1) is 11.9 Å². The van der Waals surface area contributed by atoms with Crippen LogP contribution >= 0.6 is 0 Å². The second-order valence-electron chi connectivity index (χ2n) is 8.45. The molecular formula is C25H32FN3O6S. The lowest BCUT2D eigenvalue weighted by atomic mass is 10.1. The van der Waals surface area contributed by atoms with E-state index in [1.165, 1.54) is 28.4 Å². The Labute approximate surface area is 211 Å². The largest absolute Gasteiger partial charge is 0.486 e. The average molecular weight is 522 g/mol. The molecule has 2 aromatic carbocycles. The molecule has 1 N–H and O–H groups in total. The van der Waals surface area contributed by atoms with Crippen LogP contribution in [0.3, 0.4) is 0 Å². The Kier molecular flexibility index (Phi) is 9.14. The molecule has 0 bridgehead atoms. The number of sulfonamides is 1. The molecule has 0 saturated heterocycles. The van der Waals surface area contributed by atoms with E-state index >= 15 is 0 Å². The minimum atomic E-state index is -3.64. The highest BCUT2D eigenvalue weighted by molar-refractivity contribution is 7.92. The lowest BCUT2D eigenvalue weighted by Crippen LogP contribution is -2.48. The monoisotopic (exact) mass is 521 g/mol. The Morgan fingerprint density at radius 2 is 1.75 bits per heavy atom. The van der Waals surface area contributed by atoms with E-state index in [1.807, 2.05) is 0 Å². The minimum absolute atomic E-state index is 0.0191. The van der Waals surface area contributed by atoms with Crippen molar-refractivity contribution in [2.24, 2.45) is 0 Å². The predicted molar refractivity (Wildman–Crippen MR) is 134 cm³/mol. The zero-order valence-electron chi connectivity index (χ0n) is 20.7. The molecule has 0 fully saturated rings. The summed E-state index contributed by atoms with van der Waals surface area (Å²) in [5.41, 5.74) is 1.09. The number of hydrogen-bond acceptors (Lipinski definition) is 6. The first kappa shape index (κ1) is 27.3. The van der Waals surface area contributed by atoms with E-state index in [0.29, 0.717) is 42.4 Å². The quantitative estimate of drug-likeness (QED) is 0.488. The molecule has 1 heterocycles. The highest BCUT2D eigenvalue weighted by atomic mass is 32.2. The van der Waals surface area contributed by atoms with Crippen LogP contribution in [0.1, 0.15) is 31.7 Å². The summed E-state index contributed by atoms with van der Waals surface area (Å²) in [7, 11) is -2.14. The average Bonchev–Trinajstić information content (AvgIpc) is 2.86. The molecular weight excluding hydrogens is 489 g/mol. The molecule has 0 aromatic heterocycles. The van der Waals surface area contributed by atoms with Crippen molar-refractivity contribution in [3.05, 3.63) is 53.8 Å². The third-order valence-corrected chi connectivity index (χ3v) is 7.06. The number of rotatable bonds is 11. The number of fused-ring (bicyclic) bond motifs is 1. The van der Waals surface area contributed by atoms with E-state index in [-0.39, 0.29) is 37.7 Å². The van der Waals surface area contributed by atoms with Gasteiger partial charge in [0.15, 0.2) is 11.5 Å². The molecule has 3 rings (SSSR count). The normalized spacial score (nSPS) is 13.6. The van der Waals surface area contributed by atoms with Gasteiger partial charge >= 0.3 is 0 Å². The van der Waals surface area contributed by atoms with E-state index < -0.39 is 21.9 Å². The fourth-order valence-electron chi connectivity index (χ4n) is 4.06. The number of anilines is 1. The van der Waals surface area contributed by atoms with Crippen LogP contribution in [0.15, 0.2) is 42.5 Å². The van der Waals surface area contributed by atoms with Gasteiger partial charge in [-0.05, 0) is 42.7 Å². The van der Waals surface area contributed by atoms with Crippen LogP contribution in [0.25, 0.3) is 0 Å². The number of ether oxygens (including phenoxy) is 2. The number of halogens is 1. The Bertz CT molecular complexity index is 1170. The van der Waals surface area contributed by atoms with Crippen molar-refractivity contribution in [1.29, 1.82) is 0 Å². The number of carbonyl (C=O) groups excluding carboxylic acids is 2. The molecule has 0 spiro atoms. The van der Waals surface area contributed by atoms with Gasteiger partial charge in [-0.25, -0.2) is 12.8 Å². The van der Waals surface area contributed by atoms with Crippen molar-refractivity contribution in [3.8, 4) is 11.5 Å². The first-order valence-electron chi connectivity index (χ1n) is 11.8. The summed E-state index contributed by atoms with van der Waals surface area (Å²) in [6.07, 6.45) is 1.74. The molecule has 0 aliphatic carbocycles. The Morgan fingerprint density at radius 3 is 2.36 bits per heavy atom. The molecule has 1 atom stereocenters. The Hall–Kier alpha value is -3.34. The van der Waals surface area contributed by atoms with Gasteiger partial charge in [-0.3, -0.25) is 13.9 Å². The smallest absolute Gasteiger partial charge is 0.242 e. The number of amides is 2. The minimum Gasteiger partial charge on any atom is -0.486 e. The summed E-state index contributed by atoms with van der Waals surface area (Å²) in [6, 6.07) is 9.93. The zero-order valence-corrected chi connectivity index (χ0v) is 21.5. The van der Waals surface area contributed by atoms with Crippen molar-refractivity contribution < 1.29 is 31.9 Å². The lowest BCUT2D eigenvalue weighted by molar-refractivity contribution is -0.141. The molecule has 9 nitrogen and oxygen atoms in total. The van der Waals surface area contributed by atoms with Gasteiger partial charge in [0.1, 0.15) is 25.1 Å². The van der Waals surface area contributed by atoms with Crippen LogP contribution in [0.2, 0.25) is 0 Å². The summed E-state index contributed by atoms with van der Waals surface area (Å²) in [4.78, 5) is 27.2. The summed E-state index contributed by atoms with van der Waals surface area (Å²) in [5, 5.41) is 2.58. The van der Waals surface area contributed by atoms with E-state index in [1.54, 1.807) is 37.3 Å². The maximum atomic E-state index is 13.3. The number of benzene rings is 2. The molecule has 196 valence electrons. The number of nitrogens with one attached hydrogen (secondary N) is 1.